The maximum Gasteiger partial charge on any atom is 0.0704 e. The average Bonchev–Trinajstić information content (AvgIpc) is 2.29. The Kier molecular flexibility index (Phi) is 9.12. The van der Waals surface area contributed by atoms with E-state index in [2.05, 4.69) is 6.92 Å². The molecular weight excluding hydrogens is 232 g/mol. The lowest BCUT2D eigenvalue weighted by atomic mass is 9.89. The lowest BCUT2D eigenvalue weighted by molar-refractivity contribution is 0.00631. The van der Waals surface area contributed by atoms with Crippen LogP contribution in [-0.2, 0) is 18.9 Å². The number of rotatable bonds is 11. The molecule has 0 unspecified atom stereocenters. The summed E-state index contributed by atoms with van der Waals surface area (Å²) in [7, 11) is 1.66. The van der Waals surface area contributed by atoms with Crippen molar-refractivity contribution in [3.05, 3.63) is 11.1 Å². The first kappa shape index (κ1) is 15.6. The summed E-state index contributed by atoms with van der Waals surface area (Å²) in [5.74, 6) is 0. The molecule has 0 N–H and O–H groups in total. The normalized spacial score (nSPS) is 14.7. The number of allylic oxidation sites excluding steroid dienone is 1. The Morgan fingerprint density at radius 1 is 0.889 bits per heavy atom. The lowest BCUT2D eigenvalue weighted by Gasteiger charge is -2.20. The minimum absolute atomic E-state index is 0.617. The first-order chi connectivity index (χ1) is 8.84. The molecule has 1 saturated carbocycles. The molecular formula is C14H26O4. The number of hydrogen-bond acceptors (Lipinski definition) is 4. The fourth-order valence-electron chi connectivity index (χ4n) is 1.69. The van der Waals surface area contributed by atoms with E-state index in [1.54, 1.807) is 12.7 Å². The van der Waals surface area contributed by atoms with E-state index in [1.807, 2.05) is 0 Å². The fourth-order valence-corrected chi connectivity index (χ4v) is 1.69. The zero-order valence-corrected chi connectivity index (χ0v) is 11.7. The molecule has 0 radical (unpaired) electrons. The van der Waals surface area contributed by atoms with E-state index in [4.69, 9.17) is 18.9 Å². The van der Waals surface area contributed by atoms with Gasteiger partial charge in [0.2, 0.25) is 0 Å². The number of hydrogen-bond donors (Lipinski definition) is 0. The lowest BCUT2D eigenvalue weighted by Crippen LogP contribution is -2.12. The molecule has 1 rings (SSSR count). The summed E-state index contributed by atoms with van der Waals surface area (Å²) in [6.07, 6.45) is 3.88. The van der Waals surface area contributed by atoms with Crippen molar-refractivity contribution in [2.45, 2.75) is 26.2 Å². The van der Waals surface area contributed by atoms with Crippen LogP contribution in [0, 0.1) is 0 Å². The summed E-state index contributed by atoms with van der Waals surface area (Å²) in [4.78, 5) is 0. The first-order valence-corrected chi connectivity index (χ1v) is 6.74. The predicted octanol–water partition coefficient (Wildman–Crippen LogP) is 2.18. The summed E-state index contributed by atoms with van der Waals surface area (Å²) in [6.45, 7) is 6.71. The highest BCUT2D eigenvalue weighted by Gasteiger charge is 2.11. The van der Waals surface area contributed by atoms with Gasteiger partial charge in [-0.1, -0.05) is 5.57 Å². The SMILES string of the molecule is COCCOCCOCCOCC(C)=C1CCC1. The van der Waals surface area contributed by atoms with Crippen LogP contribution in [0.4, 0.5) is 0 Å². The van der Waals surface area contributed by atoms with Gasteiger partial charge < -0.3 is 18.9 Å². The molecule has 18 heavy (non-hydrogen) atoms. The van der Waals surface area contributed by atoms with Gasteiger partial charge in [0.25, 0.3) is 0 Å². The monoisotopic (exact) mass is 258 g/mol. The molecule has 0 aromatic carbocycles. The van der Waals surface area contributed by atoms with Gasteiger partial charge in [-0.2, -0.15) is 0 Å². The smallest absolute Gasteiger partial charge is 0.0704 e. The van der Waals surface area contributed by atoms with Crippen molar-refractivity contribution in [2.75, 3.05) is 53.4 Å². The molecule has 0 atom stereocenters. The molecule has 0 aromatic rings. The zero-order chi connectivity index (χ0) is 13.1. The standard InChI is InChI=1S/C14H26O4/c1-13(14-4-3-5-14)12-18-11-10-17-9-8-16-7-6-15-2/h3-12H2,1-2H3. The maximum atomic E-state index is 5.55. The molecule has 1 fully saturated rings. The van der Waals surface area contributed by atoms with Gasteiger partial charge in [0.1, 0.15) is 0 Å². The Morgan fingerprint density at radius 2 is 1.44 bits per heavy atom. The van der Waals surface area contributed by atoms with E-state index in [-0.39, 0.29) is 0 Å². The summed E-state index contributed by atoms with van der Waals surface area (Å²) >= 11 is 0. The molecule has 0 heterocycles. The van der Waals surface area contributed by atoms with E-state index >= 15 is 0 Å². The number of ether oxygens (including phenoxy) is 4. The minimum Gasteiger partial charge on any atom is -0.382 e. The maximum absolute atomic E-state index is 5.55. The van der Waals surface area contributed by atoms with Crippen molar-refractivity contribution in [1.82, 2.24) is 0 Å². The van der Waals surface area contributed by atoms with Gasteiger partial charge in [-0.15, -0.1) is 0 Å². The molecule has 0 aliphatic heterocycles. The molecule has 0 saturated heterocycles. The Balaban J connectivity index is 1.78. The molecule has 0 amide bonds. The summed E-state index contributed by atoms with van der Waals surface area (Å²) in [6, 6.07) is 0. The van der Waals surface area contributed by atoms with Gasteiger partial charge in [-0.05, 0) is 31.8 Å². The quantitative estimate of drug-likeness (QED) is 0.420. The van der Waals surface area contributed by atoms with E-state index in [0.717, 1.165) is 6.61 Å². The first-order valence-electron chi connectivity index (χ1n) is 6.74. The van der Waals surface area contributed by atoms with E-state index in [0.29, 0.717) is 39.6 Å². The van der Waals surface area contributed by atoms with Crippen molar-refractivity contribution in [1.29, 1.82) is 0 Å². The molecule has 4 heteroatoms. The highest BCUT2D eigenvalue weighted by molar-refractivity contribution is 5.17. The molecule has 0 aromatic heterocycles. The highest BCUT2D eigenvalue weighted by Crippen LogP contribution is 2.28. The Hall–Kier alpha value is -0.420. The van der Waals surface area contributed by atoms with Crippen LogP contribution < -0.4 is 0 Å². The van der Waals surface area contributed by atoms with Gasteiger partial charge in [0, 0.05) is 7.11 Å². The third-order valence-electron chi connectivity index (χ3n) is 3.06. The third kappa shape index (κ3) is 7.11. The van der Waals surface area contributed by atoms with E-state index in [1.165, 1.54) is 24.8 Å². The van der Waals surface area contributed by atoms with Crippen molar-refractivity contribution < 1.29 is 18.9 Å². The molecule has 4 nitrogen and oxygen atoms in total. The topological polar surface area (TPSA) is 36.9 Å². The number of methoxy groups -OCH3 is 1. The van der Waals surface area contributed by atoms with Crippen LogP contribution in [0.5, 0.6) is 0 Å². The van der Waals surface area contributed by atoms with Crippen molar-refractivity contribution in [3.8, 4) is 0 Å². The molecule has 1 aliphatic carbocycles. The van der Waals surface area contributed by atoms with Crippen LogP contribution in [-0.4, -0.2) is 53.4 Å². The van der Waals surface area contributed by atoms with Crippen LogP contribution >= 0.6 is 0 Å². The molecule has 0 spiro atoms. The van der Waals surface area contributed by atoms with Gasteiger partial charge in [0.15, 0.2) is 0 Å². The largest absolute Gasteiger partial charge is 0.382 e. The fraction of sp³-hybridized carbons (Fsp3) is 0.857. The van der Waals surface area contributed by atoms with Crippen LogP contribution in [0.2, 0.25) is 0 Å². The van der Waals surface area contributed by atoms with Crippen LogP contribution in [0.3, 0.4) is 0 Å². The zero-order valence-electron chi connectivity index (χ0n) is 11.7. The van der Waals surface area contributed by atoms with Crippen LogP contribution in [0.1, 0.15) is 26.2 Å². The van der Waals surface area contributed by atoms with E-state index in [9.17, 15) is 0 Å². The molecule has 0 bridgehead atoms. The second-order valence-corrected chi connectivity index (χ2v) is 4.51. The third-order valence-corrected chi connectivity index (χ3v) is 3.06. The second-order valence-electron chi connectivity index (χ2n) is 4.51. The molecule has 106 valence electrons. The van der Waals surface area contributed by atoms with Crippen molar-refractivity contribution in [2.24, 2.45) is 0 Å². The summed E-state index contributed by atoms with van der Waals surface area (Å²) in [5, 5.41) is 0. The highest BCUT2D eigenvalue weighted by atomic mass is 16.6. The molecule has 1 aliphatic rings. The van der Waals surface area contributed by atoms with E-state index < -0.39 is 0 Å². The van der Waals surface area contributed by atoms with Gasteiger partial charge >= 0.3 is 0 Å². The van der Waals surface area contributed by atoms with Gasteiger partial charge in [0.05, 0.1) is 46.2 Å². The summed E-state index contributed by atoms with van der Waals surface area (Å²) < 4.78 is 21.1. The Bertz CT molecular complexity index is 232. The van der Waals surface area contributed by atoms with Gasteiger partial charge in [-0.3, -0.25) is 0 Å². The Labute approximate surface area is 110 Å². The van der Waals surface area contributed by atoms with Crippen LogP contribution in [0.15, 0.2) is 11.1 Å². The van der Waals surface area contributed by atoms with Crippen molar-refractivity contribution in [3.63, 3.8) is 0 Å². The Morgan fingerprint density at radius 3 is 1.94 bits per heavy atom. The second kappa shape index (κ2) is 10.5. The minimum atomic E-state index is 0.617. The van der Waals surface area contributed by atoms with Crippen LogP contribution in [0.25, 0.3) is 0 Å². The van der Waals surface area contributed by atoms with Gasteiger partial charge in [-0.25, -0.2) is 0 Å². The average molecular weight is 258 g/mol. The summed E-state index contributed by atoms with van der Waals surface area (Å²) in [5.41, 5.74) is 2.99. The van der Waals surface area contributed by atoms with Crippen molar-refractivity contribution >= 4 is 0 Å². The predicted molar refractivity (Wildman–Crippen MR) is 70.9 cm³/mol.